The summed E-state index contributed by atoms with van der Waals surface area (Å²) in [4.78, 5) is 11.1. The van der Waals surface area contributed by atoms with E-state index >= 15 is 0 Å². The molecule has 2 atom stereocenters. The Bertz CT molecular complexity index is 1300. The van der Waals surface area contributed by atoms with E-state index in [0.29, 0.717) is 5.11 Å². The molecule has 0 spiro atoms. The average Bonchev–Trinajstić information content (AvgIpc) is 3.49. The highest BCUT2D eigenvalue weighted by Crippen LogP contribution is 2.42. The van der Waals surface area contributed by atoms with Gasteiger partial charge in [-0.15, -0.1) is 0 Å². The molecule has 0 bridgehead atoms. The van der Waals surface area contributed by atoms with Crippen LogP contribution in [0.4, 0.5) is 17.1 Å². The van der Waals surface area contributed by atoms with E-state index in [0.717, 1.165) is 28.5 Å². The van der Waals surface area contributed by atoms with Crippen LogP contribution in [0.5, 0.6) is 0 Å². The number of anilines is 3. The van der Waals surface area contributed by atoms with Crippen LogP contribution in [0.2, 0.25) is 0 Å². The lowest BCUT2D eigenvalue weighted by Gasteiger charge is -2.29. The van der Waals surface area contributed by atoms with Crippen LogP contribution in [-0.2, 0) is 0 Å². The highest BCUT2D eigenvalue weighted by atomic mass is 32.1. The molecule has 0 radical (unpaired) electrons. The SMILES string of the molecule is CN(C)c1ccc(N2C(=S)N[C@@H](c3ccccn3)[C@@H]2c2cccn2-c2ccc(N(C)C)cc2)cc1. The molecule has 1 aliphatic rings. The quantitative estimate of drug-likeness (QED) is 0.382. The van der Waals surface area contributed by atoms with Crippen molar-refractivity contribution >= 4 is 34.4 Å². The minimum Gasteiger partial charge on any atom is -0.378 e. The molecule has 2 aromatic carbocycles. The van der Waals surface area contributed by atoms with Crippen molar-refractivity contribution in [2.24, 2.45) is 0 Å². The molecule has 35 heavy (non-hydrogen) atoms. The largest absolute Gasteiger partial charge is 0.378 e. The number of nitrogens with one attached hydrogen (secondary N) is 1. The first kappa shape index (κ1) is 22.9. The van der Waals surface area contributed by atoms with E-state index in [2.05, 4.69) is 117 Å². The third kappa shape index (κ3) is 4.35. The van der Waals surface area contributed by atoms with Gasteiger partial charge in [0.05, 0.1) is 11.7 Å². The summed E-state index contributed by atoms with van der Waals surface area (Å²) in [5, 5.41) is 4.26. The molecule has 6 nitrogen and oxygen atoms in total. The monoisotopic (exact) mass is 482 g/mol. The normalized spacial score (nSPS) is 17.4. The molecule has 0 saturated carbocycles. The first-order valence-corrected chi connectivity index (χ1v) is 12.1. The molecule has 7 heteroatoms. The molecule has 0 amide bonds. The molecule has 5 rings (SSSR count). The van der Waals surface area contributed by atoms with E-state index < -0.39 is 0 Å². The molecule has 4 aromatic rings. The molecule has 1 fully saturated rings. The molecule has 1 N–H and O–H groups in total. The summed E-state index contributed by atoms with van der Waals surface area (Å²) in [5.41, 5.74) is 6.57. The summed E-state index contributed by atoms with van der Waals surface area (Å²) in [6.45, 7) is 0. The van der Waals surface area contributed by atoms with Crippen LogP contribution in [0.1, 0.15) is 23.5 Å². The van der Waals surface area contributed by atoms with Gasteiger partial charge in [-0.25, -0.2) is 0 Å². The van der Waals surface area contributed by atoms with Crippen molar-refractivity contribution < 1.29 is 0 Å². The minimum absolute atomic E-state index is 0.0777. The van der Waals surface area contributed by atoms with Gasteiger partial charge in [-0.2, -0.15) is 0 Å². The topological polar surface area (TPSA) is 39.6 Å². The van der Waals surface area contributed by atoms with Crippen LogP contribution in [0.3, 0.4) is 0 Å². The van der Waals surface area contributed by atoms with Crippen LogP contribution in [0.15, 0.2) is 91.3 Å². The van der Waals surface area contributed by atoms with Crippen LogP contribution >= 0.6 is 12.2 Å². The van der Waals surface area contributed by atoms with Crippen molar-refractivity contribution in [3.63, 3.8) is 0 Å². The molecule has 178 valence electrons. The predicted molar refractivity (Wildman–Crippen MR) is 149 cm³/mol. The molecule has 2 aromatic heterocycles. The molecular formula is C28H30N6S. The van der Waals surface area contributed by atoms with Gasteiger partial charge in [0.1, 0.15) is 6.04 Å². The smallest absolute Gasteiger partial charge is 0.174 e. The number of benzene rings is 2. The maximum atomic E-state index is 5.90. The van der Waals surface area contributed by atoms with Crippen molar-refractivity contribution in [3.8, 4) is 5.69 Å². The Balaban J connectivity index is 1.61. The fourth-order valence-corrected chi connectivity index (χ4v) is 4.97. The summed E-state index contributed by atoms with van der Waals surface area (Å²) in [5.74, 6) is 0. The van der Waals surface area contributed by atoms with Gasteiger partial charge in [-0.1, -0.05) is 6.07 Å². The highest BCUT2D eigenvalue weighted by molar-refractivity contribution is 7.80. The molecule has 3 heterocycles. The van der Waals surface area contributed by atoms with Gasteiger partial charge in [0.25, 0.3) is 0 Å². The lowest BCUT2D eigenvalue weighted by molar-refractivity contribution is 0.549. The second-order valence-electron chi connectivity index (χ2n) is 9.12. The van der Waals surface area contributed by atoms with E-state index in [4.69, 9.17) is 12.2 Å². The summed E-state index contributed by atoms with van der Waals surface area (Å²) < 4.78 is 2.25. The lowest BCUT2D eigenvalue weighted by Crippen LogP contribution is -2.30. The average molecular weight is 483 g/mol. The zero-order valence-corrected chi connectivity index (χ0v) is 21.3. The van der Waals surface area contributed by atoms with E-state index in [1.807, 2.05) is 32.4 Å². The van der Waals surface area contributed by atoms with Crippen LogP contribution in [0, 0.1) is 0 Å². The van der Waals surface area contributed by atoms with Crippen LogP contribution in [0.25, 0.3) is 5.69 Å². The van der Waals surface area contributed by atoms with Crippen LogP contribution in [-0.4, -0.2) is 42.9 Å². The minimum atomic E-state index is -0.0908. The third-order valence-electron chi connectivity index (χ3n) is 6.47. The fraction of sp³-hybridized carbons (Fsp3) is 0.214. The molecule has 1 aliphatic heterocycles. The second kappa shape index (κ2) is 9.43. The summed E-state index contributed by atoms with van der Waals surface area (Å²) in [6.07, 6.45) is 3.95. The fourth-order valence-electron chi connectivity index (χ4n) is 4.63. The van der Waals surface area contributed by atoms with Gasteiger partial charge in [-0.05, 0) is 85.0 Å². The second-order valence-corrected chi connectivity index (χ2v) is 9.51. The molecule has 0 unspecified atom stereocenters. The first-order valence-electron chi connectivity index (χ1n) is 11.7. The zero-order chi connectivity index (χ0) is 24.5. The van der Waals surface area contributed by atoms with Crippen molar-refractivity contribution in [2.75, 3.05) is 42.9 Å². The maximum absolute atomic E-state index is 5.90. The Morgan fingerprint density at radius 3 is 1.97 bits per heavy atom. The van der Waals surface area contributed by atoms with Gasteiger partial charge < -0.3 is 24.6 Å². The molecular weight excluding hydrogens is 452 g/mol. The molecule has 0 aliphatic carbocycles. The van der Waals surface area contributed by atoms with Gasteiger partial charge in [0.15, 0.2) is 5.11 Å². The number of hydrogen-bond acceptors (Lipinski definition) is 4. The number of pyridine rings is 1. The van der Waals surface area contributed by atoms with Crippen molar-refractivity contribution in [1.82, 2.24) is 14.9 Å². The van der Waals surface area contributed by atoms with Gasteiger partial charge in [0.2, 0.25) is 0 Å². The summed E-state index contributed by atoms with van der Waals surface area (Å²) in [7, 11) is 8.20. The summed E-state index contributed by atoms with van der Waals surface area (Å²) in [6, 6.07) is 27.3. The third-order valence-corrected chi connectivity index (χ3v) is 6.78. The Morgan fingerprint density at radius 2 is 1.40 bits per heavy atom. The summed E-state index contributed by atoms with van der Waals surface area (Å²) >= 11 is 5.90. The van der Waals surface area contributed by atoms with Gasteiger partial charge >= 0.3 is 0 Å². The van der Waals surface area contributed by atoms with Crippen LogP contribution < -0.4 is 20.0 Å². The predicted octanol–water partition coefficient (Wildman–Crippen LogP) is 5.18. The number of rotatable bonds is 6. The van der Waals surface area contributed by atoms with Crippen molar-refractivity contribution in [2.45, 2.75) is 12.1 Å². The Labute approximate surface area is 212 Å². The highest BCUT2D eigenvalue weighted by Gasteiger charge is 2.42. The number of thiocarbonyl (C=S) groups is 1. The Kier molecular flexibility index (Phi) is 6.17. The maximum Gasteiger partial charge on any atom is 0.174 e. The van der Waals surface area contributed by atoms with E-state index in [1.54, 1.807) is 0 Å². The van der Waals surface area contributed by atoms with Gasteiger partial charge in [-0.3, -0.25) is 4.98 Å². The Hall–Kier alpha value is -3.84. The Morgan fingerprint density at radius 1 is 0.771 bits per heavy atom. The number of aromatic nitrogens is 2. The van der Waals surface area contributed by atoms with E-state index in [1.165, 1.54) is 5.69 Å². The zero-order valence-electron chi connectivity index (χ0n) is 20.5. The number of hydrogen-bond donors (Lipinski definition) is 1. The van der Waals surface area contributed by atoms with Crippen molar-refractivity contribution in [3.05, 3.63) is 103 Å². The van der Waals surface area contributed by atoms with Crippen molar-refractivity contribution in [1.29, 1.82) is 0 Å². The van der Waals surface area contributed by atoms with E-state index in [-0.39, 0.29) is 12.1 Å². The molecule has 1 saturated heterocycles. The lowest BCUT2D eigenvalue weighted by atomic mass is 10.0. The van der Waals surface area contributed by atoms with Gasteiger partial charge in [0, 0.05) is 69.0 Å². The van der Waals surface area contributed by atoms with E-state index in [9.17, 15) is 0 Å². The number of nitrogens with zero attached hydrogens (tertiary/aromatic N) is 5. The first-order chi connectivity index (χ1) is 16.9. The standard InChI is InChI=1S/C28H30N6S/c1-31(2)20-10-14-22(15-11-20)33-19-7-9-25(33)27-26(24-8-5-6-18-29-24)30-28(35)34(27)23-16-12-21(13-17-23)32(3)4/h5-19,26-27H,1-4H3,(H,30,35)/t26-,27-/m0/s1.